The smallest absolute Gasteiger partial charge is 0.254 e. The monoisotopic (exact) mass is 245 g/mol. The van der Waals surface area contributed by atoms with Gasteiger partial charge in [0.15, 0.2) is 17.9 Å². The van der Waals surface area contributed by atoms with Crippen LogP contribution in [-0.2, 0) is 9.47 Å². The molecule has 0 atom stereocenters. The van der Waals surface area contributed by atoms with E-state index in [4.69, 9.17) is 9.47 Å². The first-order chi connectivity index (χ1) is 8.10. The minimum atomic E-state index is -1.17. The first-order valence-electron chi connectivity index (χ1n) is 4.88. The summed E-state index contributed by atoms with van der Waals surface area (Å²) in [5.41, 5.74) is -0.351. The Balaban J connectivity index is 2.67. The van der Waals surface area contributed by atoms with Gasteiger partial charge in [-0.15, -0.1) is 0 Å². The van der Waals surface area contributed by atoms with Gasteiger partial charge in [-0.1, -0.05) is 6.07 Å². The van der Waals surface area contributed by atoms with E-state index < -0.39 is 23.8 Å². The van der Waals surface area contributed by atoms with Crippen molar-refractivity contribution in [2.45, 2.75) is 6.29 Å². The van der Waals surface area contributed by atoms with Crippen molar-refractivity contribution < 1.29 is 23.0 Å². The highest BCUT2D eigenvalue weighted by Gasteiger charge is 2.16. The first-order valence-corrected chi connectivity index (χ1v) is 4.88. The highest BCUT2D eigenvalue weighted by Crippen LogP contribution is 2.10. The van der Waals surface area contributed by atoms with Crippen molar-refractivity contribution in [2.24, 2.45) is 0 Å². The molecule has 0 aromatic heterocycles. The molecule has 6 heteroatoms. The summed E-state index contributed by atoms with van der Waals surface area (Å²) in [6.45, 7) is 0.0434. The predicted molar refractivity (Wildman–Crippen MR) is 56.5 cm³/mol. The maximum absolute atomic E-state index is 13.2. The molecule has 0 unspecified atom stereocenters. The van der Waals surface area contributed by atoms with Crippen LogP contribution in [-0.4, -0.2) is 33.0 Å². The van der Waals surface area contributed by atoms with Crippen LogP contribution >= 0.6 is 0 Å². The molecule has 0 aliphatic carbocycles. The molecule has 0 aliphatic rings. The lowest BCUT2D eigenvalue weighted by Crippen LogP contribution is -2.34. The molecule has 94 valence electrons. The van der Waals surface area contributed by atoms with Gasteiger partial charge in [-0.3, -0.25) is 4.79 Å². The van der Waals surface area contributed by atoms with Crippen LogP contribution in [0.5, 0.6) is 0 Å². The number of rotatable bonds is 5. The van der Waals surface area contributed by atoms with Crippen LogP contribution in [0, 0.1) is 11.6 Å². The molecule has 0 spiro atoms. The third-order valence-corrected chi connectivity index (χ3v) is 2.15. The molecular formula is C11H13F2NO3. The van der Waals surface area contributed by atoms with E-state index >= 15 is 0 Å². The van der Waals surface area contributed by atoms with Crippen LogP contribution in [0.2, 0.25) is 0 Å². The number of nitrogens with one attached hydrogen (secondary N) is 1. The van der Waals surface area contributed by atoms with Crippen LogP contribution in [0.1, 0.15) is 10.4 Å². The molecule has 1 N–H and O–H groups in total. The number of hydrogen-bond donors (Lipinski definition) is 1. The van der Waals surface area contributed by atoms with Gasteiger partial charge in [-0.05, 0) is 12.1 Å². The Morgan fingerprint density at radius 3 is 2.59 bits per heavy atom. The normalized spacial score (nSPS) is 10.6. The summed E-state index contributed by atoms with van der Waals surface area (Å²) in [7, 11) is 2.81. The maximum atomic E-state index is 13.2. The Morgan fingerprint density at radius 1 is 1.35 bits per heavy atom. The lowest BCUT2D eigenvalue weighted by Gasteiger charge is -2.14. The van der Waals surface area contributed by atoms with Gasteiger partial charge in [-0.25, -0.2) is 8.78 Å². The molecule has 0 aliphatic heterocycles. The number of ether oxygens (including phenoxy) is 2. The molecule has 0 saturated heterocycles. The zero-order chi connectivity index (χ0) is 12.8. The van der Waals surface area contributed by atoms with Gasteiger partial charge in [0.05, 0.1) is 12.1 Å². The summed E-state index contributed by atoms with van der Waals surface area (Å²) in [5.74, 6) is -2.95. The zero-order valence-electron chi connectivity index (χ0n) is 9.50. The largest absolute Gasteiger partial charge is 0.354 e. The van der Waals surface area contributed by atoms with Gasteiger partial charge in [0, 0.05) is 14.2 Å². The summed E-state index contributed by atoms with van der Waals surface area (Å²) in [5, 5.41) is 2.37. The minimum absolute atomic E-state index is 0.0434. The number of carbonyl (C=O) groups excluding carboxylic acids is 1. The highest BCUT2D eigenvalue weighted by atomic mass is 19.2. The maximum Gasteiger partial charge on any atom is 0.254 e. The fourth-order valence-corrected chi connectivity index (χ4v) is 1.21. The quantitative estimate of drug-likeness (QED) is 0.796. The summed E-state index contributed by atoms with van der Waals surface area (Å²) in [4.78, 5) is 11.5. The van der Waals surface area contributed by atoms with Crippen molar-refractivity contribution in [1.82, 2.24) is 5.32 Å². The molecule has 0 bridgehead atoms. The number of benzene rings is 1. The number of carbonyl (C=O) groups is 1. The number of amides is 1. The first kappa shape index (κ1) is 13.5. The molecule has 0 heterocycles. The van der Waals surface area contributed by atoms with Gasteiger partial charge < -0.3 is 14.8 Å². The average Bonchev–Trinajstić information content (AvgIpc) is 2.33. The standard InChI is InChI=1S/C11H13F2NO3/c1-16-9(17-2)6-14-11(15)7-4-3-5-8(12)10(7)13/h3-5,9H,6H2,1-2H3,(H,14,15). The second-order valence-electron chi connectivity index (χ2n) is 3.21. The molecule has 0 fully saturated rings. The van der Waals surface area contributed by atoms with Gasteiger partial charge in [-0.2, -0.15) is 0 Å². The Hall–Kier alpha value is -1.53. The predicted octanol–water partition coefficient (Wildman–Crippen LogP) is 1.31. The van der Waals surface area contributed by atoms with Crippen LogP contribution in [0.25, 0.3) is 0 Å². The Morgan fingerprint density at radius 2 is 2.00 bits per heavy atom. The zero-order valence-corrected chi connectivity index (χ0v) is 9.50. The van der Waals surface area contributed by atoms with E-state index in [1.165, 1.54) is 26.4 Å². The van der Waals surface area contributed by atoms with Crippen LogP contribution in [0.3, 0.4) is 0 Å². The van der Waals surface area contributed by atoms with Crippen LogP contribution in [0.15, 0.2) is 18.2 Å². The van der Waals surface area contributed by atoms with Crippen molar-refractivity contribution >= 4 is 5.91 Å². The highest BCUT2D eigenvalue weighted by molar-refractivity contribution is 5.94. The lowest BCUT2D eigenvalue weighted by molar-refractivity contribution is -0.0974. The number of halogens is 2. The minimum Gasteiger partial charge on any atom is -0.354 e. The Kier molecular flexibility index (Phi) is 4.99. The summed E-state index contributed by atoms with van der Waals surface area (Å²) in [6, 6.07) is 3.40. The summed E-state index contributed by atoms with van der Waals surface area (Å²) < 4.78 is 35.8. The molecular weight excluding hydrogens is 232 g/mol. The molecule has 17 heavy (non-hydrogen) atoms. The number of hydrogen-bond acceptors (Lipinski definition) is 3. The summed E-state index contributed by atoms with van der Waals surface area (Å²) in [6.07, 6.45) is -0.629. The second-order valence-corrected chi connectivity index (χ2v) is 3.21. The van der Waals surface area contributed by atoms with E-state index in [9.17, 15) is 13.6 Å². The van der Waals surface area contributed by atoms with Gasteiger partial charge in [0.25, 0.3) is 5.91 Å². The fraction of sp³-hybridized carbons (Fsp3) is 0.364. The molecule has 0 radical (unpaired) electrons. The average molecular weight is 245 g/mol. The Bertz CT molecular complexity index is 394. The molecule has 1 rings (SSSR count). The van der Waals surface area contributed by atoms with E-state index in [-0.39, 0.29) is 12.1 Å². The van der Waals surface area contributed by atoms with E-state index in [2.05, 4.69) is 5.32 Å². The van der Waals surface area contributed by atoms with Gasteiger partial charge >= 0.3 is 0 Å². The number of methoxy groups -OCH3 is 2. The third-order valence-electron chi connectivity index (χ3n) is 2.15. The lowest BCUT2D eigenvalue weighted by atomic mass is 10.2. The summed E-state index contributed by atoms with van der Waals surface area (Å²) >= 11 is 0. The van der Waals surface area contributed by atoms with Crippen molar-refractivity contribution in [3.8, 4) is 0 Å². The fourth-order valence-electron chi connectivity index (χ4n) is 1.21. The van der Waals surface area contributed by atoms with E-state index in [1.807, 2.05) is 0 Å². The van der Waals surface area contributed by atoms with Crippen molar-refractivity contribution in [3.63, 3.8) is 0 Å². The SMILES string of the molecule is COC(CNC(=O)c1cccc(F)c1F)OC. The topological polar surface area (TPSA) is 47.6 Å². The molecule has 1 amide bonds. The van der Waals surface area contributed by atoms with Crippen LogP contribution in [0.4, 0.5) is 8.78 Å². The molecule has 4 nitrogen and oxygen atoms in total. The molecule has 1 aromatic rings. The van der Waals surface area contributed by atoms with E-state index in [0.29, 0.717) is 0 Å². The van der Waals surface area contributed by atoms with Crippen molar-refractivity contribution in [1.29, 1.82) is 0 Å². The van der Waals surface area contributed by atoms with Gasteiger partial charge in [0.2, 0.25) is 0 Å². The third kappa shape index (κ3) is 3.47. The van der Waals surface area contributed by atoms with Crippen LogP contribution < -0.4 is 5.32 Å². The second kappa shape index (κ2) is 6.27. The molecule has 1 aromatic carbocycles. The van der Waals surface area contributed by atoms with E-state index in [1.54, 1.807) is 0 Å². The molecule has 0 saturated carbocycles. The van der Waals surface area contributed by atoms with Crippen molar-refractivity contribution in [2.75, 3.05) is 20.8 Å². The van der Waals surface area contributed by atoms with Crippen molar-refractivity contribution in [3.05, 3.63) is 35.4 Å². The van der Waals surface area contributed by atoms with E-state index in [0.717, 1.165) is 6.07 Å². The van der Waals surface area contributed by atoms with Gasteiger partial charge in [0.1, 0.15) is 0 Å². The Labute approximate surface area is 97.5 Å².